The maximum absolute atomic E-state index is 12.6. The minimum atomic E-state index is -3.90. The van der Waals surface area contributed by atoms with E-state index in [1.807, 2.05) is 13.0 Å². The molecule has 0 radical (unpaired) electrons. The van der Waals surface area contributed by atoms with Crippen LogP contribution in [0.3, 0.4) is 0 Å². The molecule has 0 aliphatic rings. The molecule has 0 aliphatic heterocycles. The fraction of sp³-hybridized carbons (Fsp3) is 0.250. The zero-order chi connectivity index (χ0) is 24.9. The number of anilines is 2. The predicted molar refractivity (Wildman–Crippen MR) is 129 cm³/mol. The summed E-state index contributed by atoms with van der Waals surface area (Å²) in [5.41, 5.74) is 3.05. The molecular formula is C24H26N4O5S. The van der Waals surface area contributed by atoms with Gasteiger partial charge in [-0.05, 0) is 63.2 Å². The van der Waals surface area contributed by atoms with Crippen molar-refractivity contribution in [2.75, 3.05) is 17.1 Å². The molecule has 1 heterocycles. The van der Waals surface area contributed by atoms with Gasteiger partial charge in [0, 0.05) is 29.9 Å². The van der Waals surface area contributed by atoms with Gasteiger partial charge in [-0.15, -0.1) is 0 Å². The Kier molecular flexibility index (Phi) is 7.62. The van der Waals surface area contributed by atoms with Crippen LogP contribution in [0.25, 0.3) is 0 Å². The van der Waals surface area contributed by atoms with Gasteiger partial charge >= 0.3 is 0 Å². The number of methoxy groups -OCH3 is 1. The van der Waals surface area contributed by atoms with Crippen molar-refractivity contribution in [3.05, 3.63) is 71.0 Å². The molecule has 0 unspecified atom stereocenters. The Morgan fingerprint density at radius 3 is 2.18 bits per heavy atom. The number of nitrogens with one attached hydrogen (secondary N) is 2. The van der Waals surface area contributed by atoms with Crippen molar-refractivity contribution >= 4 is 33.3 Å². The van der Waals surface area contributed by atoms with E-state index < -0.39 is 10.0 Å². The molecule has 2 aromatic carbocycles. The summed E-state index contributed by atoms with van der Waals surface area (Å²) in [6.07, 6.45) is -0.0144. The summed E-state index contributed by atoms with van der Waals surface area (Å²) in [5, 5.41) is 2.67. The molecule has 2 N–H and O–H groups in total. The van der Waals surface area contributed by atoms with E-state index in [0.717, 1.165) is 5.56 Å². The molecule has 0 saturated heterocycles. The average Bonchev–Trinajstić information content (AvgIpc) is 2.76. The lowest BCUT2D eigenvalue weighted by Gasteiger charge is -2.10. The topological polar surface area (TPSA) is 127 Å². The van der Waals surface area contributed by atoms with Gasteiger partial charge in [-0.2, -0.15) is 0 Å². The van der Waals surface area contributed by atoms with Gasteiger partial charge in [0.25, 0.3) is 10.0 Å². The summed E-state index contributed by atoms with van der Waals surface area (Å²) in [5.74, 6) is -0.105. The third-order valence-electron chi connectivity index (χ3n) is 4.89. The Morgan fingerprint density at radius 2 is 1.56 bits per heavy atom. The quantitative estimate of drug-likeness (QED) is 0.444. The number of hydrogen-bond donors (Lipinski definition) is 2. The third kappa shape index (κ3) is 6.38. The highest BCUT2D eigenvalue weighted by molar-refractivity contribution is 7.92. The summed E-state index contributed by atoms with van der Waals surface area (Å²) in [7, 11) is -2.41. The van der Waals surface area contributed by atoms with E-state index in [1.165, 1.54) is 31.4 Å². The van der Waals surface area contributed by atoms with Crippen LogP contribution in [0.4, 0.5) is 11.6 Å². The molecule has 3 rings (SSSR count). The number of ketones is 1. The fourth-order valence-electron chi connectivity index (χ4n) is 3.29. The molecule has 1 aromatic heterocycles. The van der Waals surface area contributed by atoms with Gasteiger partial charge in [0.1, 0.15) is 5.75 Å². The van der Waals surface area contributed by atoms with Crippen LogP contribution >= 0.6 is 0 Å². The van der Waals surface area contributed by atoms with Gasteiger partial charge in [-0.1, -0.05) is 11.6 Å². The van der Waals surface area contributed by atoms with Crippen molar-refractivity contribution < 1.29 is 22.7 Å². The van der Waals surface area contributed by atoms with Crippen LogP contribution in [-0.2, 0) is 14.8 Å². The van der Waals surface area contributed by atoms with Crippen molar-refractivity contribution in [3.63, 3.8) is 0 Å². The number of amides is 1. The van der Waals surface area contributed by atoms with Gasteiger partial charge in [0.15, 0.2) is 5.78 Å². The first-order chi connectivity index (χ1) is 16.1. The first kappa shape index (κ1) is 24.8. The molecule has 0 spiro atoms. The maximum atomic E-state index is 12.6. The minimum Gasteiger partial charge on any atom is -0.496 e. The summed E-state index contributed by atoms with van der Waals surface area (Å²) in [4.78, 5) is 33.0. The smallest absolute Gasteiger partial charge is 0.264 e. The molecule has 0 saturated carbocycles. The van der Waals surface area contributed by atoms with Crippen molar-refractivity contribution in [1.82, 2.24) is 9.97 Å². The number of carbonyl (C=O) groups excluding carboxylic acids is 2. The first-order valence-corrected chi connectivity index (χ1v) is 12.0. The van der Waals surface area contributed by atoms with E-state index in [1.54, 1.807) is 32.0 Å². The number of Topliss-reactive ketones (excluding diaryl/α,β-unsaturated/α-hetero) is 1. The molecule has 0 bridgehead atoms. The Morgan fingerprint density at radius 1 is 0.912 bits per heavy atom. The molecule has 0 atom stereocenters. The first-order valence-electron chi connectivity index (χ1n) is 10.5. The van der Waals surface area contributed by atoms with Crippen LogP contribution in [0.5, 0.6) is 5.75 Å². The second-order valence-corrected chi connectivity index (χ2v) is 9.46. The molecule has 10 heteroatoms. The highest BCUT2D eigenvalue weighted by Crippen LogP contribution is 2.22. The standard InChI is InChI=1S/C24H26N4O5S/c1-15-5-11-22(33-4)20(13-15)21(29)10-12-23(30)27-18-6-8-19(9-7-18)34(31,32)28-24-25-16(2)14-17(3)26-24/h5-9,11,13-14H,10,12H2,1-4H3,(H,27,30)(H,25,26,28). The number of sulfonamides is 1. The van der Waals surface area contributed by atoms with Crippen LogP contribution in [0.2, 0.25) is 0 Å². The fourth-order valence-corrected chi connectivity index (χ4v) is 4.24. The number of benzene rings is 2. The molecule has 3 aromatic rings. The third-order valence-corrected chi connectivity index (χ3v) is 6.23. The number of ether oxygens (including phenoxy) is 1. The SMILES string of the molecule is COc1ccc(C)cc1C(=O)CCC(=O)Nc1ccc(S(=O)(=O)Nc2nc(C)cc(C)n2)cc1. The summed E-state index contributed by atoms with van der Waals surface area (Å²) in [6.45, 7) is 5.36. The zero-order valence-electron chi connectivity index (χ0n) is 19.4. The van der Waals surface area contributed by atoms with Gasteiger partial charge in [-0.3, -0.25) is 9.59 Å². The normalized spacial score (nSPS) is 11.1. The monoisotopic (exact) mass is 482 g/mol. The van der Waals surface area contributed by atoms with Gasteiger partial charge in [0.05, 0.1) is 17.6 Å². The van der Waals surface area contributed by atoms with E-state index >= 15 is 0 Å². The van der Waals surface area contributed by atoms with Gasteiger partial charge < -0.3 is 10.1 Å². The Balaban J connectivity index is 1.60. The van der Waals surface area contributed by atoms with Crippen molar-refractivity contribution in [2.24, 2.45) is 0 Å². The number of aryl methyl sites for hydroxylation is 3. The largest absolute Gasteiger partial charge is 0.496 e. The second-order valence-electron chi connectivity index (χ2n) is 7.78. The van der Waals surface area contributed by atoms with Crippen LogP contribution in [-0.4, -0.2) is 37.2 Å². The average molecular weight is 483 g/mol. The molecule has 178 valence electrons. The molecule has 0 fully saturated rings. The summed E-state index contributed by atoms with van der Waals surface area (Å²) < 4.78 is 32.8. The van der Waals surface area contributed by atoms with Gasteiger partial charge in [0.2, 0.25) is 11.9 Å². The van der Waals surface area contributed by atoms with E-state index in [0.29, 0.717) is 28.4 Å². The minimum absolute atomic E-state index is 0.00465. The second kappa shape index (κ2) is 10.4. The van der Waals surface area contributed by atoms with E-state index in [4.69, 9.17) is 4.74 Å². The Labute approximate surface area is 198 Å². The molecular weight excluding hydrogens is 456 g/mol. The summed E-state index contributed by atoms with van der Waals surface area (Å²) >= 11 is 0. The number of rotatable bonds is 9. The lowest BCUT2D eigenvalue weighted by Crippen LogP contribution is -2.16. The highest BCUT2D eigenvalue weighted by atomic mass is 32.2. The number of carbonyl (C=O) groups is 2. The van der Waals surface area contributed by atoms with Crippen molar-refractivity contribution in [2.45, 2.75) is 38.5 Å². The Hall–Kier alpha value is -3.79. The highest BCUT2D eigenvalue weighted by Gasteiger charge is 2.17. The predicted octanol–water partition coefficient (Wildman–Crippen LogP) is 3.81. The summed E-state index contributed by atoms with van der Waals surface area (Å²) in [6, 6.07) is 12.7. The van der Waals surface area contributed by atoms with Crippen molar-refractivity contribution in [1.29, 1.82) is 0 Å². The van der Waals surface area contributed by atoms with Crippen LogP contribution < -0.4 is 14.8 Å². The Bertz CT molecular complexity index is 1300. The molecule has 1 amide bonds. The van der Waals surface area contributed by atoms with Crippen LogP contribution in [0.1, 0.15) is 40.2 Å². The number of nitrogens with zero attached hydrogens (tertiary/aromatic N) is 2. The van der Waals surface area contributed by atoms with E-state index in [2.05, 4.69) is 20.0 Å². The van der Waals surface area contributed by atoms with Crippen LogP contribution in [0, 0.1) is 20.8 Å². The molecule has 34 heavy (non-hydrogen) atoms. The lowest BCUT2D eigenvalue weighted by molar-refractivity contribution is -0.116. The van der Waals surface area contributed by atoms with E-state index in [9.17, 15) is 18.0 Å². The lowest BCUT2D eigenvalue weighted by atomic mass is 10.0. The molecule has 0 aliphatic carbocycles. The van der Waals surface area contributed by atoms with Crippen LogP contribution in [0.15, 0.2) is 53.4 Å². The zero-order valence-corrected chi connectivity index (χ0v) is 20.2. The number of hydrogen-bond acceptors (Lipinski definition) is 7. The molecule has 9 nitrogen and oxygen atoms in total. The number of aromatic nitrogens is 2. The maximum Gasteiger partial charge on any atom is 0.264 e. The van der Waals surface area contributed by atoms with Crippen molar-refractivity contribution in [3.8, 4) is 5.75 Å². The van der Waals surface area contributed by atoms with E-state index in [-0.39, 0.29) is 35.4 Å². The van der Waals surface area contributed by atoms with Gasteiger partial charge in [-0.25, -0.2) is 23.1 Å².